The van der Waals surface area contributed by atoms with Crippen molar-refractivity contribution in [3.05, 3.63) is 42.4 Å². The van der Waals surface area contributed by atoms with Crippen LogP contribution in [0.1, 0.15) is 18.9 Å². The predicted octanol–water partition coefficient (Wildman–Crippen LogP) is 3.11. The molecule has 0 radical (unpaired) electrons. The van der Waals surface area contributed by atoms with E-state index in [1.165, 1.54) is 0 Å². The van der Waals surface area contributed by atoms with Crippen LogP contribution in [0.3, 0.4) is 0 Å². The van der Waals surface area contributed by atoms with Crippen LogP contribution in [0.5, 0.6) is 0 Å². The van der Waals surface area contributed by atoms with E-state index in [0.29, 0.717) is 24.1 Å². The van der Waals surface area contributed by atoms with Crippen LogP contribution in [0.4, 0.5) is 11.6 Å². The molecule has 0 spiro atoms. The third-order valence-corrected chi connectivity index (χ3v) is 5.19. The van der Waals surface area contributed by atoms with E-state index in [2.05, 4.69) is 38.9 Å². The van der Waals surface area contributed by atoms with Crippen LogP contribution >= 0.6 is 0 Å². The molecular formula is C21H22N6O. The summed E-state index contributed by atoms with van der Waals surface area (Å²) in [5.41, 5.74) is 9.04. The number of pyridine rings is 3. The second-order valence-corrected chi connectivity index (χ2v) is 7.07. The minimum atomic E-state index is -0.0247. The Hall–Kier alpha value is -3.35. The molecule has 0 unspecified atom stereocenters. The van der Waals surface area contributed by atoms with E-state index in [4.69, 9.17) is 5.73 Å². The topological polar surface area (TPSA) is 106 Å². The molecular weight excluding hydrogens is 352 g/mol. The summed E-state index contributed by atoms with van der Waals surface area (Å²) < 4.78 is 0. The highest BCUT2D eigenvalue weighted by atomic mass is 16.2. The number of carbonyl (C=O) groups is 1. The van der Waals surface area contributed by atoms with Crippen LogP contribution in [0.2, 0.25) is 0 Å². The molecule has 28 heavy (non-hydrogen) atoms. The van der Waals surface area contributed by atoms with Crippen molar-refractivity contribution < 1.29 is 4.79 Å². The molecule has 7 nitrogen and oxygen atoms in total. The average molecular weight is 374 g/mol. The summed E-state index contributed by atoms with van der Waals surface area (Å²) in [5, 5.41) is 4.53. The molecule has 142 valence electrons. The Balaban J connectivity index is 1.65. The van der Waals surface area contributed by atoms with Crippen molar-refractivity contribution in [2.75, 3.05) is 17.6 Å². The summed E-state index contributed by atoms with van der Waals surface area (Å²) in [6.45, 7) is 6.21. The van der Waals surface area contributed by atoms with Crippen LogP contribution in [0.15, 0.2) is 41.8 Å². The summed E-state index contributed by atoms with van der Waals surface area (Å²) in [6, 6.07) is 5.78. The number of nitrogens with two attached hydrogens (primary N) is 1. The predicted molar refractivity (Wildman–Crippen MR) is 111 cm³/mol. The Morgan fingerprint density at radius 1 is 1.39 bits per heavy atom. The van der Waals surface area contributed by atoms with Gasteiger partial charge in [0.1, 0.15) is 11.6 Å². The molecule has 1 fully saturated rings. The van der Waals surface area contributed by atoms with Crippen LogP contribution < -0.4 is 11.1 Å². The van der Waals surface area contributed by atoms with Gasteiger partial charge in [-0.15, -0.1) is 0 Å². The normalized spacial score (nSPS) is 18.0. The molecule has 3 heterocycles. The van der Waals surface area contributed by atoms with Gasteiger partial charge >= 0.3 is 0 Å². The highest BCUT2D eigenvalue weighted by Gasteiger charge is 2.42. The monoisotopic (exact) mass is 374 g/mol. The molecule has 1 aliphatic carbocycles. The number of nitrogens with zero attached hydrogens (tertiary/aromatic N) is 4. The van der Waals surface area contributed by atoms with Gasteiger partial charge in [-0.3, -0.25) is 9.78 Å². The molecule has 0 aliphatic heterocycles. The van der Waals surface area contributed by atoms with Crippen LogP contribution in [0, 0.1) is 11.8 Å². The first-order valence-electron chi connectivity index (χ1n) is 9.33. The molecule has 3 aromatic heterocycles. The Bertz CT molecular complexity index is 1060. The van der Waals surface area contributed by atoms with E-state index in [9.17, 15) is 4.79 Å². The zero-order valence-electron chi connectivity index (χ0n) is 15.7. The maximum absolute atomic E-state index is 12.4. The van der Waals surface area contributed by atoms with E-state index < -0.39 is 0 Å². The molecule has 4 rings (SSSR count). The van der Waals surface area contributed by atoms with Gasteiger partial charge in [0, 0.05) is 42.0 Å². The zero-order chi connectivity index (χ0) is 19.7. The largest absolute Gasteiger partial charge is 0.383 e. The van der Waals surface area contributed by atoms with Gasteiger partial charge < -0.3 is 16.0 Å². The Morgan fingerprint density at radius 2 is 2.25 bits per heavy atom. The van der Waals surface area contributed by atoms with Gasteiger partial charge in [-0.25, -0.2) is 9.97 Å². The SMILES string of the molecule is C=NC[C@H]1C[C@@H]1C(=O)Nc1cc2cc(-c3cnccc3CC)nc(N)c2cn1. The Morgan fingerprint density at radius 3 is 3.04 bits per heavy atom. The number of nitrogen functional groups attached to an aromatic ring is 1. The van der Waals surface area contributed by atoms with Gasteiger partial charge in [-0.2, -0.15) is 0 Å². The number of nitrogens with one attached hydrogen (secondary N) is 1. The second kappa shape index (κ2) is 7.34. The fourth-order valence-electron chi connectivity index (χ4n) is 3.50. The first kappa shape index (κ1) is 18.0. The van der Waals surface area contributed by atoms with Gasteiger partial charge in [-0.1, -0.05) is 6.92 Å². The molecule has 7 heteroatoms. The van der Waals surface area contributed by atoms with Crippen molar-refractivity contribution in [3.63, 3.8) is 0 Å². The first-order valence-corrected chi connectivity index (χ1v) is 9.33. The number of carbonyl (C=O) groups excluding carboxylic acids is 1. The molecule has 1 amide bonds. The smallest absolute Gasteiger partial charge is 0.228 e. The second-order valence-electron chi connectivity index (χ2n) is 7.07. The minimum absolute atomic E-state index is 0.0106. The molecule has 1 saturated carbocycles. The third-order valence-electron chi connectivity index (χ3n) is 5.19. The zero-order valence-corrected chi connectivity index (χ0v) is 15.7. The summed E-state index contributed by atoms with van der Waals surface area (Å²) >= 11 is 0. The fraction of sp³-hybridized carbons (Fsp3) is 0.286. The quantitative estimate of drug-likeness (QED) is 0.645. The number of hydrogen-bond donors (Lipinski definition) is 2. The van der Waals surface area contributed by atoms with Crippen molar-refractivity contribution in [3.8, 4) is 11.3 Å². The minimum Gasteiger partial charge on any atom is -0.383 e. The molecule has 0 saturated heterocycles. The van der Waals surface area contributed by atoms with Crippen molar-refractivity contribution in [1.29, 1.82) is 0 Å². The van der Waals surface area contributed by atoms with Crippen LogP contribution in [-0.4, -0.2) is 34.1 Å². The van der Waals surface area contributed by atoms with Gasteiger partial charge in [0.25, 0.3) is 0 Å². The molecule has 0 aromatic carbocycles. The molecule has 3 aromatic rings. The maximum atomic E-state index is 12.4. The maximum Gasteiger partial charge on any atom is 0.228 e. The summed E-state index contributed by atoms with van der Waals surface area (Å²) in [4.78, 5) is 29.3. The highest BCUT2D eigenvalue weighted by molar-refractivity contribution is 5.98. The van der Waals surface area contributed by atoms with E-state index in [0.717, 1.165) is 40.4 Å². The number of hydrogen-bond acceptors (Lipinski definition) is 6. The van der Waals surface area contributed by atoms with Gasteiger partial charge in [0.2, 0.25) is 5.91 Å². The van der Waals surface area contributed by atoms with E-state index in [1.54, 1.807) is 18.6 Å². The van der Waals surface area contributed by atoms with Gasteiger partial charge in [0.05, 0.1) is 5.69 Å². The van der Waals surface area contributed by atoms with Gasteiger partial charge in [0.15, 0.2) is 0 Å². The fourth-order valence-corrected chi connectivity index (χ4v) is 3.50. The lowest BCUT2D eigenvalue weighted by molar-refractivity contribution is -0.117. The number of rotatable bonds is 6. The summed E-state index contributed by atoms with van der Waals surface area (Å²) in [6.07, 6.45) is 6.95. The first-order chi connectivity index (χ1) is 13.6. The summed E-state index contributed by atoms with van der Waals surface area (Å²) in [5.74, 6) is 1.17. The Kier molecular flexibility index (Phi) is 4.73. The lowest BCUT2D eigenvalue weighted by atomic mass is 10.0. The number of aryl methyl sites for hydroxylation is 1. The van der Waals surface area contributed by atoms with Crippen molar-refractivity contribution in [2.45, 2.75) is 19.8 Å². The van der Waals surface area contributed by atoms with E-state index >= 15 is 0 Å². The number of amides is 1. The highest BCUT2D eigenvalue weighted by Crippen LogP contribution is 2.39. The lowest BCUT2D eigenvalue weighted by Gasteiger charge is -2.11. The third kappa shape index (κ3) is 3.43. The number of fused-ring (bicyclic) bond motifs is 1. The van der Waals surface area contributed by atoms with Crippen LogP contribution in [0.25, 0.3) is 22.0 Å². The average Bonchev–Trinajstić information content (AvgIpc) is 3.47. The number of aliphatic imine (C=N–C) groups is 1. The number of aromatic nitrogens is 3. The molecule has 3 N–H and O–H groups in total. The molecule has 1 aliphatic rings. The lowest BCUT2D eigenvalue weighted by Crippen LogP contribution is -2.16. The van der Waals surface area contributed by atoms with E-state index in [1.807, 2.05) is 18.2 Å². The standard InChI is InChI=1S/C21H22N6O/c1-3-12-4-5-24-10-16(12)18-7-13-8-19(25-11-17(13)20(22)26-18)27-21(28)15-6-14(15)9-23-2/h4-5,7-8,10-11,14-15H,2-3,6,9H2,1H3,(H2,22,26)(H,25,27,28)/t14-,15+/m1/s1. The van der Waals surface area contributed by atoms with Crippen molar-refractivity contribution in [1.82, 2.24) is 15.0 Å². The summed E-state index contributed by atoms with van der Waals surface area (Å²) in [7, 11) is 0. The molecule has 0 bridgehead atoms. The van der Waals surface area contributed by atoms with E-state index in [-0.39, 0.29) is 11.8 Å². The number of anilines is 2. The molecule has 2 atom stereocenters. The van der Waals surface area contributed by atoms with Crippen molar-refractivity contribution >= 4 is 35.0 Å². The Labute approximate surface area is 163 Å². The van der Waals surface area contributed by atoms with Crippen molar-refractivity contribution in [2.24, 2.45) is 16.8 Å². The van der Waals surface area contributed by atoms with Crippen LogP contribution in [-0.2, 0) is 11.2 Å². The van der Waals surface area contributed by atoms with Gasteiger partial charge in [-0.05, 0) is 54.6 Å².